The van der Waals surface area contributed by atoms with Crippen LogP contribution in [0.5, 0.6) is 0 Å². The van der Waals surface area contributed by atoms with Crippen molar-refractivity contribution in [2.24, 2.45) is 0 Å². The average molecular weight is 344 g/mol. The van der Waals surface area contributed by atoms with E-state index in [0.717, 1.165) is 11.1 Å². The number of nitrogens with zero attached hydrogens (tertiary/aromatic N) is 1. The number of benzene rings is 1. The molecular weight excluding hydrogens is 320 g/mol. The molecular formula is C19H24N2O4. The molecule has 1 aromatic rings. The van der Waals surface area contributed by atoms with Gasteiger partial charge in [0, 0.05) is 25.1 Å². The molecule has 0 saturated carbocycles. The smallest absolute Gasteiger partial charge is 0.303 e. The molecule has 0 fully saturated rings. The number of carboxylic acids is 1. The number of fused-ring (bicyclic) bond motifs is 1. The van der Waals surface area contributed by atoms with Crippen molar-refractivity contribution in [3.8, 4) is 0 Å². The highest BCUT2D eigenvalue weighted by molar-refractivity contribution is 5.82. The maximum absolute atomic E-state index is 12.5. The van der Waals surface area contributed by atoms with Gasteiger partial charge in [0.05, 0.1) is 12.5 Å². The number of nitrogens with one attached hydrogen (secondary N) is 1. The Balaban J connectivity index is 2.13. The van der Waals surface area contributed by atoms with Crippen molar-refractivity contribution in [3.63, 3.8) is 0 Å². The van der Waals surface area contributed by atoms with Crippen LogP contribution in [-0.4, -0.2) is 33.3 Å². The molecule has 0 saturated heterocycles. The Hall–Kier alpha value is -2.63. The summed E-state index contributed by atoms with van der Waals surface area (Å²) in [6, 6.07) is 7.30. The van der Waals surface area contributed by atoms with Crippen molar-refractivity contribution in [2.45, 2.75) is 51.6 Å². The second-order valence-electron chi connectivity index (χ2n) is 6.92. The van der Waals surface area contributed by atoms with Gasteiger partial charge in [-0.1, -0.05) is 24.3 Å². The zero-order valence-corrected chi connectivity index (χ0v) is 14.8. The van der Waals surface area contributed by atoms with E-state index < -0.39 is 11.5 Å². The first-order chi connectivity index (χ1) is 11.7. The predicted molar refractivity (Wildman–Crippen MR) is 94.4 cm³/mol. The third kappa shape index (κ3) is 4.92. The second kappa shape index (κ2) is 7.51. The van der Waals surface area contributed by atoms with E-state index in [0.29, 0.717) is 6.42 Å². The molecule has 2 N–H and O–H groups in total. The van der Waals surface area contributed by atoms with E-state index in [9.17, 15) is 14.4 Å². The van der Waals surface area contributed by atoms with Crippen LogP contribution in [0.3, 0.4) is 0 Å². The summed E-state index contributed by atoms with van der Waals surface area (Å²) in [6.45, 7) is 5.07. The van der Waals surface area contributed by atoms with E-state index in [1.807, 2.05) is 30.3 Å². The second-order valence-corrected chi connectivity index (χ2v) is 6.92. The lowest BCUT2D eigenvalue weighted by Crippen LogP contribution is -2.45. The van der Waals surface area contributed by atoms with Gasteiger partial charge >= 0.3 is 5.97 Å². The van der Waals surface area contributed by atoms with Gasteiger partial charge in [-0.25, -0.2) is 0 Å². The van der Waals surface area contributed by atoms with Gasteiger partial charge in [-0.15, -0.1) is 0 Å². The summed E-state index contributed by atoms with van der Waals surface area (Å²) >= 11 is 0. The number of carboxylic acid groups (broad SMARTS) is 1. The SMILES string of the molecule is CC(=O)N1C=Cc2ccccc2C1CC(=O)NC(C)(C)CCC(=O)O. The van der Waals surface area contributed by atoms with Gasteiger partial charge in [0.1, 0.15) is 0 Å². The molecule has 2 rings (SSSR count). The van der Waals surface area contributed by atoms with Crippen LogP contribution in [0.1, 0.15) is 57.2 Å². The molecule has 2 amide bonds. The van der Waals surface area contributed by atoms with Gasteiger partial charge in [-0.3, -0.25) is 14.4 Å². The molecule has 0 bridgehead atoms. The van der Waals surface area contributed by atoms with Crippen LogP contribution in [0.2, 0.25) is 0 Å². The third-order valence-corrected chi connectivity index (χ3v) is 4.29. The predicted octanol–water partition coefficient (Wildman–Crippen LogP) is 2.71. The number of carbonyl (C=O) groups is 3. The molecule has 6 nitrogen and oxygen atoms in total. The van der Waals surface area contributed by atoms with Gasteiger partial charge < -0.3 is 15.3 Å². The van der Waals surface area contributed by atoms with Crippen LogP contribution in [-0.2, 0) is 14.4 Å². The van der Waals surface area contributed by atoms with Crippen molar-refractivity contribution in [2.75, 3.05) is 0 Å². The van der Waals surface area contributed by atoms with Gasteiger partial charge in [0.2, 0.25) is 11.8 Å². The normalized spacial score (nSPS) is 16.3. The fraction of sp³-hybridized carbons (Fsp3) is 0.421. The Morgan fingerprint density at radius 3 is 2.56 bits per heavy atom. The van der Waals surface area contributed by atoms with Crippen molar-refractivity contribution in [1.82, 2.24) is 10.2 Å². The zero-order valence-electron chi connectivity index (χ0n) is 14.8. The van der Waals surface area contributed by atoms with Crippen LogP contribution in [0.4, 0.5) is 0 Å². The van der Waals surface area contributed by atoms with Gasteiger partial charge in [0.15, 0.2) is 0 Å². The highest BCUT2D eigenvalue weighted by Crippen LogP contribution is 2.33. The van der Waals surface area contributed by atoms with Gasteiger partial charge in [0.25, 0.3) is 0 Å². The van der Waals surface area contributed by atoms with Crippen molar-refractivity contribution < 1.29 is 19.5 Å². The fourth-order valence-corrected chi connectivity index (χ4v) is 3.00. The first-order valence-corrected chi connectivity index (χ1v) is 8.28. The van der Waals surface area contributed by atoms with Gasteiger partial charge in [-0.05, 0) is 37.5 Å². The minimum absolute atomic E-state index is 0.0121. The van der Waals surface area contributed by atoms with E-state index >= 15 is 0 Å². The first kappa shape index (κ1) is 18.7. The molecule has 1 aliphatic heterocycles. The maximum atomic E-state index is 12.5. The van der Waals surface area contributed by atoms with Crippen molar-refractivity contribution in [1.29, 1.82) is 0 Å². The Labute approximate surface area is 147 Å². The highest BCUT2D eigenvalue weighted by Gasteiger charge is 2.30. The fourth-order valence-electron chi connectivity index (χ4n) is 3.00. The quantitative estimate of drug-likeness (QED) is 0.831. The molecule has 0 radical (unpaired) electrons. The highest BCUT2D eigenvalue weighted by atomic mass is 16.4. The van der Waals surface area contributed by atoms with Crippen molar-refractivity contribution in [3.05, 3.63) is 41.6 Å². The molecule has 25 heavy (non-hydrogen) atoms. The Kier molecular flexibility index (Phi) is 5.62. The maximum Gasteiger partial charge on any atom is 0.303 e. The molecule has 1 unspecified atom stereocenters. The van der Waals surface area contributed by atoms with E-state index in [4.69, 9.17) is 5.11 Å². The molecule has 0 aromatic heterocycles. The number of rotatable bonds is 6. The summed E-state index contributed by atoms with van der Waals surface area (Å²) < 4.78 is 0. The lowest BCUT2D eigenvalue weighted by molar-refractivity contribution is -0.138. The molecule has 6 heteroatoms. The van der Waals surface area contributed by atoms with E-state index in [1.165, 1.54) is 6.92 Å². The monoisotopic (exact) mass is 344 g/mol. The minimum Gasteiger partial charge on any atom is -0.481 e. The van der Waals surface area contributed by atoms with E-state index in [2.05, 4.69) is 5.32 Å². The Morgan fingerprint density at radius 2 is 1.92 bits per heavy atom. The van der Waals surface area contributed by atoms with Gasteiger partial charge in [-0.2, -0.15) is 0 Å². The van der Waals surface area contributed by atoms with Crippen LogP contribution >= 0.6 is 0 Å². The number of hydrogen-bond acceptors (Lipinski definition) is 3. The molecule has 0 spiro atoms. The molecule has 134 valence electrons. The molecule has 1 aliphatic rings. The lowest BCUT2D eigenvalue weighted by Gasteiger charge is -2.33. The average Bonchev–Trinajstić information content (AvgIpc) is 2.52. The minimum atomic E-state index is -0.892. The van der Waals surface area contributed by atoms with E-state index in [-0.39, 0.29) is 30.7 Å². The molecule has 1 atom stereocenters. The molecule has 1 aromatic carbocycles. The zero-order chi connectivity index (χ0) is 18.6. The summed E-state index contributed by atoms with van der Waals surface area (Å²) in [5.74, 6) is -1.23. The number of amides is 2. The van der Waals surface area contributed by atoms with Crippen molar-refractivity contribution >= 4 is 23.9 Å². The first-order valence-electron chi connectivity index (χ1n) is 8.28. The molecule has 1 heterocycles. The standard InChI is InChI=1S/C19H24N2O4/c1-13(22)21-11-9-14-6-4-5-7-15(14)16(21)12-17(23)20-19(2,3)10-8-18(24)25/h4-7,9,11,16H,8,10,12H2,1-3H3,(H,20,23)(H,24,25). The van der Waals surface area contributed by atoms with Crippen LogP contribution < -0.4 is 5.32 Å². The number of aliphatic carboxylic acids is 1. The summed E-state index contributed by atoms with van der Waals surface area (Å²) in [5, 5.41) is 11.7. The number of carbonyl (C=O) groups excluding carboxylic acids is 2. The van der Waals surface area contributed by atoms with Crippen LogP contribution in [0.25, 0.3) is 6.08 Å². The largest absolute Gasteiger partial charge is 0.481 e. The van der Waals surface area contributed by atoms with Crippen LogP contribution in [0, 0.1) is 0 Å². The Morgan fingerprint density at radius 1 is 1.24 bits per heavy atom. The topological polar surface area (TPSA) is 86.7 Å². The summed E-state index contributed by atoms with van der Waals surface area (Å²) in [6.07, 6.45) is 4.02. The summed E-state index contributed by atoms with van der Waals surface area (Å²) in [7, 11) is 0. The molecule has 0 aliphatic carbocycles. The lowest BCUT2D eigenvalue weighted by atomic mass is 9.92. The summed E-state index contributed by atoms with van der Waals surface area (Å²) in [4.78, 5) is 36.8. The Bertz CT molecular complexity index is 709. The summed E-state index contributed by atoms with van der Waals surface area (Å²) in [5.41, 5.74) is 1.29. The van der Waals surface area contributed by atoms with E-state index in [1.54, 1.807) is 24.9 Å². The number of hydrogen-bond donors (Lipinski definition) is 2. The van der Waals surface area contributed by atoms with Crippen LogP contribution in [0.15, 0.2) is 30.5 Å². The third-order valence-electron chi connectivity index (χ3n) is 4.29.